The summed E-state index contributed by atoms with van der Waals surface area (Å²) >= 11 is 0. The average Bonchev–Trinajstić information content (AvgIpc) is 3.44. The summed E-state index contributed by atoms with van der Waals surface area (Å²) in [5.41, 5.74) is 2.90. The SMILES string of the molecule is CCCCCCCCCCCCC(c1[nH]cc[n+]1CCCCCCC)C(C)(Cc1ccccc1)c1ccccc1. The smallest absolute Gasteiger partial charge is 0.247 e. The number of aromatic amines is 1. The fourth-order valence-corrected chi connectivity index (χ4v) is 6.62. The highest BCUT2D eigenvalue weighted by atomic mass is 15.1. The normalized spacial score (nSPS) is 13.8. The van der Waals surface area contributed by atoms with Crippen LogP contribution in [0.1, 0.15) is 146 Å². The van der Waals surface area contributed by atoms with Gasteiger partial charge in [0.2, 0.25) is 0 Å². The van der Waals surface area contributed by atoms with Gasteiger partial charge < -0.3 is 0 Å². The van der Waals surface area contributed by atoms with Crippen molar-refractivity contribution in [2.45, 2.75) is 148 Å². The molecule has 0 aliphatic rings. The Bertz CT molecular complexity index is 1010. The Labute approximate surface area is 247 Å². The summed E-state index contributed by atoms with van der Waals surface area (Å²) in [4.78, 5) is 3.77. The highest BCUT2D eigenvalue weighted by Crippen LogP contribution is 2.43. The van der Waals surface area contributed by atoms with Crippen LogP contribution in [0.25, 0.3) is 0 Å². The van der Waals surface area contributed by atoms with Gasteiger partial charge in [0.25, 0.3) is 5.82 Å². The minimum atomic E-state index is 0.0106. The third-order valence-electron chi connectivity index (χ3n) is 9.09. The van der Waals surface area contributed by atoms with Gasteiger partial charge in [-0.2, -0.15) is 0 Å². The van der Waals surface area contributed by atoms with E-state index in [-0.39, 0.29) is 5.41 Å². The first-order valence-electron chi connectivity index (χ1n) is 16.8. The van der Waals surface area contributed by atoms with Crippen LogP contribution in [0.5, 0.6) is 0 Å². The molecule has 40 heavy (non-hydrogen) atoms. The number of rotatable bonds is 22. The molecule has 2 unspecified atom stereocenters. The van der Waals surface area contributed by atoms with Crippen molar-refractivity contribution in [1.29, 1.82) is 0 Å². The molecule has 2 atom stereocenters. The molecule has 0 aliphatic carbocycles. The summed E-state index contributed by atoms with van der Waals surface area (Å²) in [6.07, 6.45) is 27.2. The number of hydrogen-bond acceptors (Lipinski definition) is 0. The Hall–Kier alpha value is -2.35. The number of hydrogen-bond donors (Lipinski definition) is 1. The lowest BCUT2D eigenvalue weighted by Crippen LogP contribution is -2.43. The van der Waals surface area contributed by atoms with Crippen molar-refractivity contribution in [1.82, 2.24) is 4.98 Å². The highest BCUT2D eigenvalue weighted by molar-refractivity contribution is 5.32. The molecule has 0 saturated carbocycles. The van der Waals surface area contributed by atoms with E-state index in [0.29, 0.717) is 5.92 Å². The second-order valence-electron chi connectivity index (χ2n) is 12.4. The van der Waals surface area contributed by atoms with E-state index in [1.165, 1.54) is 120 Å². The standard InChI is InChI=1S/C38H58N2/c1-4-6-8-10-11-12-13-14-15-23-29-36(37-39-30-32-40(37)31-24-16-9-7-5-2)38(3,35-27-21-18-22-28-35)33-34-25-19-17-20-26-34/h17-22,25-28,30,32,36H,4-16,23-24,29,31,33H2,1-3H3/p+1. The number of imidazole rings is 1. The predicted octanol–water partition coefficient (Wildman–Crippen LogP) is 10.9. The van der Waals surface area contributed by atoms with E-state index in [1.807, 2.05) is 0 Å². The van der Waals surface area contributed by atoms with Gasteiger partial charge in [0.1, 0.15) is 12.4 Å². The van der Waals surface area contributed by atoms with E-state index in [9.17, 15) is 0 Å². The number of unbranched alkanes of at least 4 members (excludes halogenated alkanes) is 13. The number of nitrogens with zero attached hydrogens (tertiary/aromatic N) is 1. The zero-order chi connectivity index (χ0) is 28.3. The third-order valence-corrected chi connectivity index (χ3v) is 9.09. The minimum Gasteiger partial charge on any atom is -0.247 e. The zero-order valence-electron chi connectivity index (χ0n) is 26.2. The number of nitrogens with one attached hydrogen (secondary N) is 1. The number of aromatic nitrogens is 2. The lowest BCUT2D eigenvalue weighted by molar-refractivity contribution is -0.705. The molecule has 2 nitrogen and oxygen atoms in total. The molecular weight excluding hydrogens is 484 g/mol. The van der Waals surface area contributed by atoms with E-state index in [4.69, 9.17) is 0 Å². The lowest BCUT2D eigenvalue weighted by atomic mass is 9.66. The summed E-state index contributed by atoms with van der Waals surface area (Å²) in [5, 5.41) is 0. The first-order chi connectivity index (χ1) is 19.7. The second kappa shape index (κ2) is 18.9. The van der Waals surface area contributed by atoms with Gasteiger partial charge in [-0.25, -0.2) is 9.55 Å². The Morgan fingerprint density at radius 2 is 1.18 bits per heavy atom. The van der Waals surface area contributed by atoms with E-state index >= 15 is 0 Å². The zero-order valence-corrected chi connectivity index (χ0v) is 26.2. The average molecular weight is 544 g/mol. The molecule has 2 heteroatoms. The van der Waals surface area contributed by atoms with Crippen molar-refractivity contribution in [3.8, 4) is 0 Å². The molecule has 2 aromatic carbocycles. The van der Waals surface area contributed by atoms with E-state index < -0.39 is 0 Å². The molecule has 0 fully saturated rings. The first-order valence-corrected chi connectivity index (χ1v) is 16.8. The summed E-state index contributed by atoms with van der Waals surface area (Å²) in [7, 11) is 0. The quantitative estimate of drug-likeness (QED) is 0.0960. The van der Waals surface area contributed by atoms with Crippen molar-refractivity contribution in [3.63, 3.8) is 0 Å². The molecule has 0 radical (unpaired) electrons. The number of benzene rings is 2. The van der Waals surface area contributed by atoms with Crippen molar-refractivity contribution in [2.24, 2.45) is 0 Å². The van der Waals surface area contributed by atoms with E-state index in [0.717, 1.165) is 13.0 Å². The van der Waals surface area contributed by atoms with E-state index in [2.05, 4.69) is 103 Å². The molecule has 1 heterocycles. The Morgan fingerprint density at radius 3 is 1.77 bits per heavy atom. The van der Waals surface area contributed by atoms with Gasteiger partial charge in [-0.15, -0.1) is 0 Å². The summed E-state index contributed by atoms with van der Waals surface area (Å²) in [5.74, 6) is 1.86. The summed E-state index contributed by atoms with van der Waals surface area (Å²) < 4.78 is 2.55. The van der Waals surface area contributed by atoms with Gasteiger partial charge in [0.05, 0.1) is 12.5 Å². The van der Waals surface area contributed by atoms with Crippen LogP contribution in [-0.4, -0.2) is 4.98 Å². The Kier molecular flexibility index (Phi) is 15.2. The minimum absolute atomic E-state index is 0.0106. The Morgan fingerprint density at radius 1 is 0.650 bits per heavy atom. The lowest BCUT2D eigenvalue weighted by Gasteiger charge is -2.37. The van der Waals surface area contributed by atoms with Gasteiger partial charge in [-0.3, -0.25) is 0 Å². The Balaban J connectivity index is 1.76. The van der Waals surface area contributed by atoms with Crippen molar-refractivity contribution in [2.75, 3.05) is 0 Å². The van der Waals surface area contributed by atoms with Crippen LogP contribution >= 0.6 is 0 Å². The van der Waals surface area contributed by atoms with Crippen LogP contribution in [0.3, 0.4) is 0 Å². The molecule has 220 valence electrons. The molecular formula is C38H59N2+. The van der Waals surface area contributed by atoms with Gasteiger partial charge in [-0.1, -0.05) is 165 Å². The molecule has 3 aromatic rings. The molecule has 1 N–H and O–H groups in total. The van der Waals surface area contributed by atoms with Crippen LogP contribution in [0.15, 0.2) is 73.1 Å². The molecule has 0 bridgehead atoms. The van der Waals surface area contributed by atoms with Gasteiger partial charge in [0, 0.05) is 5.41 Å². The summed E-state index contributed by atoms with van der Waals surface area (Å²) in [6, 6.07) is 22.5. The monoisotopic (exact) mass is 543 g/mol. The van der Waals surface area contributed by atoms with Crippen molar-refractivity contribution < 1.29 is 4.57 Å². The van der Waals surface area contributed by atoms with Crippen molar-refractivity contribution in [3.05, 3.63) is 90.0 Å². The van der Waals surface area contributed by atoms with Gasteiger partial charge >= 0.3 is 0 Å². The van der Waals surface area contributed by atoms with Crippen LogP contribution in [0, 0.1) is 0 Å². The third kappa shape index (κ3) is 10.6. The van der Waals surface area contributed by atoms with Crippen LogP contribution in [0.2, 0.25) is 0 Å². The highest BCUT2D eigenvalue weighted by Gasteiger charge is 2.41. The maximum atomic E-state index is 3.77. The van der Waals surface area contributed by atoms with Gasteiger partial charge in [-0.05, 0) is 36.8 Å². The topological polar surface area (TPSA) is 19.7 Å². The molecule has 3 rings (SSSR count). The number of aryl methyl sites for hydroxylation is 1. The van der Waals surface area contributed by atoms with Gasteiger partial charge in [0.15, 0.2) is 0 Å². The maximum absolute atomic E-state index is 3.77. The fourth-order valence-electron chi connectivity index (χ4n) is 6.62. The van der Waals surface area contributed by atoms with E-state index in [1.54, 1.807) is 0 Å². The second-order valence-corrected chi connectivity index (χ2v) is 12.4. The predicted molar refractivity (Wildman–Crippen MR) is 173 cm³/mol. The molecule has 0 saturated heterocycles. The molecule has 0 amide bonds. The maximum Gasteiger partial charge on any atom is 0.258 e. The molecule has 1 aromatic heterocycles. The van der Waals surface area contributed by atoms with Crippen LogP contribution in [0.4, 0.5) is 0 Å². The first kappa shape index (κ1) is 32.2. The van der Waals surface area contributed by atoms with Crippen LogP contribution < -0.4 is 4.57 Å². The fraction of sp³-hybridized carbons (Fsp3) is 0.605. The van der Waals surface area contributed by atoms with Crippen LogP contribution in [-0.2, 0) is 18.4 Å². The largest absolute Gasteiger partial charge is 0.258 e. The summed E-state index contributed by atoms with van der Waals surface area (Å²) in [6.45, 7) is 8.25. The number of H-pyrrole nitrogens is 1. The van der Waals surface area contributed by atoms with Crippen molar-refractivity contribution >= 4 is 0 Å². The molecule has 0 spiro atoms. The molecule has 0 aliphatic heterocycles.